The van der Waals surface area contributed by atoms with Crippen molar-refractivity contribution in [2.24, 2.45) is 5.73 Å². The van der Waals surface area contributed by atoms with Gasteiger partial charge in [-0.3, -0.25) is 4.79 Å². The van der Waals surface area contributed by atoms with E-state index in [1.54, 1.807) is 12.1 Å². The van der Waals surface area contributed by atoms with Gasteiger partial charge in [0.05, 0.1) is 22.1 Å². The van der Waals surface area contributed by atoms with Crippen LogP contribution in [0.2, 0.25) is 0 Å². The second-order valence-electron chi connectivity index (χ2n) is 9.06. The second kappa shape index (κ2) is 8.98. The van der Waals surface area contributed by atoms with Gasteiger partial charge in [-0.15, -0.1) is 0 Å². The summed E-state index contributed by atoms with van der Waals surface area (Å²) in [4.78, 5) is 38.6. The Morgan fingerprint density at radius 1 is 0.833 bits per heavy atom. The van der Waals surface area contributed by atoms with Gasteiger partial charge in [0.1, 0.15) is 5.69 Å². The van der Waals surface area contributed by atoms with E-state index in [2.05, 4.69) is 43.8 Å². The van der Waals surface area contributed by atoms with Crippen LogP contribution >= 0.6 is 0 Å². The number of H-pyrrole nitrogens is 3. The Morgan fingerprint density at radius 3 is 2.39 bits per heavy atom. The fourth-order valence-electron chi connectivity index (χ4n) is 5.05. The van der Waals surface area contributed by atoms with Gasteiger partial charge in [0.25, 0.3) is 5.56 Å². The molecule has 0 aliphatic heterocycles. The van der Waals surface area contributed by atoms with E-state index in [9.17, 15) is 9.59 Å². The van der Waals surface area contributed by atoms with Gasteiger partial charge in [-0.2, -0.15) is 0 Å². The Kier molecular flexibility index (Phi) is 5.50. The predicted octanol–water partition coefficient (Wildman–Crippen LogP) is 4.04. The summed E-state index contributed by atoms with van der Waals surface area (Å²) < 4.78 is 2.31. The first-order valence-corrected chi connectivity index (χ1v) is 12.1. The Hall–Kier alpha value is -4.43. The third-order valence-corrected chi connectivity index (χ3v) is 6.69. The number of fused-ring (bicyclic) bond motifs is 3. The number of nitrogens with two attached hydrogens (primary N) is 1. The molecule has 0 radical (unpaired) electrons. The van der Waals surface area contributed by atoms with E-state index in [1.807, 2.05) is 30.3 Å². The monoisotopic (exact) mass is 478 g/mol. The van der Waals surface area contributed by atoms with E-state index in [0.717, 1.165) is 47.1 Å². The molecule has 3 aromatic heterocycles. The van der Waals surface area contributed by atoms with Crippen molar-refractivity contribution in [3.8, 4) is 11.3 Å². The lowest BCUT2D eigenvalue weighted by atomic mass is 10.0. The van der Waals surface area contributed by atoms with Crippen LogP contribution in [-0.4, -0.2) is 31.0 Å². The molecular weight excluding hydrogens is 452 g/mol. The van der Waals surface area contributed by atoms with E-state index < -0.39 is 0 Å². The average molecular weight is 479 g/mol. The Bertz CT molecular complexity index is 1820. The van der Waals surface area contributed by atoms with Crippen molar-refractivity contribution < 1.29 is 0 Å². The van der Waals surface area contributed by atoms with Gasteiger partial charge >= 0.3 is 5.69 Å². The maximum Gasteiger partial charge on any atom is 0.323 e. The van der Waals surface area contributed by atoms with Crippen molar-refractivity contribution in [1.82, 2.24) is 24.5 Å². The molecule has 0 spiro atoms. The van der Waals surface area contributed by atoms with Gasteiger partial charge in [-0.05, 0) is 43.1 Å². The number of benzene rings is 3. The highest BCUT2D eigenvalue weighted by Gasteiger charge is 2.22. The summed E-state index contributed by atoms with van der Waals surface area (Å²) in [6.45, 7) is 1.44. The summed E-state index contributed by atoms with van der Waals surface area (Å²) in [5.41, 5.74) is 12.2. The minimum atomic E-state index is -0.298. The van der Waals surface area contributed by atoms with Gasteiger partial charge in [0.15, 0.2) is 0 Å². The molecule has 3 heterocycles. The molecule has 0 unspecified atom stereocenters. The third-order valence-electron chi connectivity index (χ3n) is 6.69. The van der Waals surface area contributed by atoms with E-state index >= 15 is 0 Å². The van der Waals surface area contributed by atoms with Crippen LogP contribution in [0.1, 0.15) is 24.1 Å². The number of unbranched alkanes of at least 4 members (excludes halogenated alkanes) is 1. The van der Waals surface area contributed by atoms with Crippen molar-refractivity contribution in [3.63, 3.8) is 0 Å². The fourth-order valence-corrected chi connectivity index (χ4v) is 5.05. The van der Waals surface area contributed by atoms with Crippen molar-refractivity contribution in [2.45, 2.75) is 25.8 Å². The molecule has 0 bridgehead atoms. The molecule has 0 saturated carbocycles. The number of aromatic amines is 3. The molecule has 0 aliphatic rings. The molecule has 36 heavy (non-hydrogen) atoms. The first kappa shape index (κ1) is 22.1. The Balaban J connectivity index is 1.62. The number of aryl methyl sites for hydroxylation is 1. The zero-order valence-corrected chi connectivity index (χ0v) is 19.7. The van der Waals surface area contributed by atoms with Gasteiger partial charge in [0, 0.05) is 35.1 Å². The summed E-state index contributed by atoms with van der Waals surface area (Å²) in [7, 11) is 0. The standard InChI is InChI=1S/C28H26N6O2/c29-12-6-7-13-34-23-11-5-4-10-18(23)25(24(34)14-17-8-2-1-3-9-17)26-27(35)31-20-16-22-21(15-19(20)30-26)32-28(36)33-22/h1-5,8-11,15-16H,6-7,12-14,29H2,(H,31,35)(H2,32,33,36). The number of nitrogens with one attached hydrogen (secondary N) is 3. The highest BCUT2D eigenvalue weighted by molar-refractivity contribution is 5.99. The molecule has 6 rings (SSSR count). The Morgan fingerprint density at radius 2 is 1.58 bits per heavy atom. The molecule has 5 N–H and O–H groups in total. The molecule has 0 fully saturated rings. The van der Waals surface area contributed by atoms with Crippen LogP contribution < -0.4 is 17.0 Å². The molecule has 0 aliphatic carbocycles. The second-order valence-corrected chi connectivity index (χ2v) is 9.06. The number of para-hydroxylation sites is 1. The van der Waals surface area contributed by atoms with Crippen LogP contribution in [0.25, 0.3) is 44.2 Å². The topological polar surface area (TPSA) is 125 Å². The largest absolute Gasteiger partial charge is 0.344 e. The number of imidazole rings is 1. The zero-order chi connectivity index (χ0) is 24.6. The minimum Gasteiger partial charge on any atom is -0.344 e. The van der Waals surface area contributed by atoms with E-state index in [-0.39, 0.29) is 11.2 Å². The lowest BCUT2D eigenvalue weighted by molar-refractivity contribution is 0.615. The molecule has 3 aromatic carbocycles. The van der Waals surface area contributed by atoms with Gasteiger partial charge in [-0.25, -0.2) is 9.78 Å². The normalized spacial score (nSPS) is 11.7. The molecule has 0 amide bonds. The quantitative estimate of drug-likeness (QED) is 0.258. The van der Waals surface area contributed by atoms with Gasteiger partial charge in [0.2, 0.25) is 0 Å². The van der Waals surface area contributed by atoms with E-state index in [4.69, 9.17) is 10.7 Å². The number of hydrogen-bond acceptors (Lipinski definition) is 4. The number of aromatic nitrogens is 5. The van der Waals surface area contributed by atoms with Crippen LogP contribution in [0.3, 0.4) is 0 Å². The summed E-state index contributed by atoms with van der Waals surface area (Å²) in [6.07, 6.45) is 2.53. The molecule has 8 heteroatoms. The summed E-state index contributed by atoms with van der Waals surface area (Å²) in [6, 6.07) is 22.0. The van der Waals surface area contributed by atoms with Crippen molar-refractivity contribution >= 4 is 33.0 Å². The van der Waals surface area contributed by atoms with Gasteiger partial charge < -0.3 is 25.3 Å². The molecule has 180 valence electrons. The first-order valence-electron chi connectivity index (χ1n) is 12.1. The van der Waals surface area contributed by atoms with E-state index in [0.29, 0.717) is 40.7 Å². The summed E-state index contributed by atoms with van der Waals surface area (Å²) in [5.74, 6) is 0. The third kappa shape index (κ3) is 3.81. The molecule has 0 saturated heterocycles. The lowest BCUT2D eigenvalue weighted by Crippen LogP contribution is -2.13. The summed E-state index contributed by atoms with van der Waals surface area (Å²) in [5, 5.41) is 0.990. The van der Waals surface area contributed by atoms with Crippen LogP contribution in [0.15, 0.2) is 76.3 Å². The molecule has 0 atom stereocenters. The van der Waals surface area contributed by atoms with Crippen LogP contribution in [0.4, 0.5) is 0 Å². The number of nitrogens with zero attached hydrogens (tertiary/aromatic N) is 2. The fraction of sp³-hybridized carbons (Fsp3) is 0.179. The van der Waals surface area contributed by atoms with Crippen LogP contribution in [0, 0.1) is 0 Å². The highest BCUT2D eigenvalue weighted by atomic mass is 16.1. The van der Waals surface area contributed by atoms with Gasteiger partial charge in [-0.1, -0.05) is 48.5 Å². The van der Waals surface area contributed by atoms with Crippen LogP contribution in [0.5, 0.6) is 0 Å². The average Bonchev–Trinajstić information content (AvgIpc) is 3.39. The predicted molar refractivity (Wildman–Crippen MR) is 143 cm³/mol. The van der Waals surface area contributed by atoms with Crippen molar-refractivity contribution in [3.05, 3.63) is 98.8 Å². The SMILES string of the molecule is NCCCCn1c(Cc2ccccc2)c(-c2nc3cc4[nH]c(=O)[nH]c4cc3[nH]c2=O)c2ccccc21. The Labute approximate surface area is 205 Å². The number of rotatable bonds is 7. The van der Waals surface area contributed by atoms with Crippen molar-refractivity contribution in [2.75, 3.05) is 6.54 Å². The highest BCUT2D eigenvalue weighted by Crippen LogP contribution is 2.35. The summed E-state index contributed by atoms with van der Waals surface area (Å²) >= 11 is 0. The maximum absolute atomic E-state index is 13.5. The molecule has 8 nitrogen and oxygen atoms in total. The van der Waals surface area contributed by atoms with Crippen LogP contribution in [-0.2, 0) is 13.0 Å². The molecule has 6 aromatic rings. The van der Waals surface area contributed by atoms with E-state index in [1.165, 1.54) is 0 Å². The zero-order valence-electron chi connectivity index (χ0n) is 19.7. The smallest absolute Gasteiger partial charge is 0.323 e. The van der Waals surface area contributed by atoms with Crippen molar-refractivity contribution in [1.29, 1.82) is 0 Å². The number of hydrogen-bond donors (Lipinski definition) is 4. The lowest BCUT2D eigenvalue weighted by Gasteiger charge is -2.13. The molecular formula is C28H26N6O2. The first-order chi connectivity index (χ1) is 17.6. The minimum absolute atomic E-state index is 0.265. The maximum atomic E-state index is 13.5.